The van der Waals surface area contributed by atoms with Gasteiger partial charge in [-0.25, -0.2) is 12.8 Å². The summed E-state index contributed by atoms with van der Waals surface area (Å²) in [7, 11) is -4.61. The molecule has 2 amide bonds. The molecule has 0 aliphatic heterocycles. The third kappa shape index (κ3) is 7.80. The number of sulfonamides is 1. The molecular formula is C29H30ClF4N3O4S. The van der Waals surface area contributed by atoms with Gasteiger partial charge in [0, 0.05) is 18.2 Å². The molecule has 7 nitrogen and oxygen atoms in total. The molecule has 0 unspecified atom stereocenters. The van der Waals surface area contributed by atoms with Crippen LogP contribution >= 0.6 is 11.6 Å². The fourth-order valence-corrected chi connectivity index (χ4v) is 5.64. The van der Waals surface area contributed by atoms with Crippen LogP contribution in [0.2, 0.25) is 5.02 Å². The molecule has 3 aromatic rings. The second kappa shape index (κ2) is 13.6. The number of nitrogens with one attached hydrogen (secondary N) is 1. The van der Waals surface area contributed by atoms with Crippen LogP contribution in [0.4, 0.5) is 23.2 Å². The maximum atomic E-state index is 14.6. The first-order valence-corrected chi connectivity index (χ1v) is 14.8. The van der Waals surface area contributed by atoms with Gasteiger partial charge < -0.3 is 10.2 Å². The van der Waals surface area contributed by atoms with Gasteiger partial charge in [0.05, 0.1) is 21.2 Å². The molecule has 0 spiro atoms. The fraction of sp³-hybridized carbons (Fsp3) is 0.310. The summed E-state index contributed by atoms with van der Waals surface area (Å²) in [5.74, 6) is -2.18. The van der Waals surface area contributed by atoms with E-state index in [1.165, 1.54) is 55.5 Å². The molecule has 0 bridgehead atoms. The third-order valence-electron chi connectivity index (χ3n) is 6.62. The molecule has 0 saturated heterocycles. The van der Waals surface area contributed by atoms with Crippen LogP contribution in [0.25, 0.3) is 0 Å². The van der Waals surface area contributed by atoms with E-state index in [1.807, 2.05) is 6.92 Å². The number of hydrogen-bond acceptors (Lipinski definition) is 4. The van der Waals surface area contributed by atoms with Crippen molar-refractivity contribution in [3.8, 4) is 0 Å². The number of carbonyl (C=O) groups is 2. The lowest BCUT2D eigenvalue weighted by Gasteiger charge is -2.32. The van der Waals surface area contributed by atoms with Crippen LogP contribution in [-0.2, 0) is 32.3 Å². The molecule has 1 N–H and O–H groups in total. The number of rotatable bonds is 11. The molecule has 13 heteroatoms. The minimum Gasteiger partial charge on any atom is -0.352 e. The van der Waals surface area contributed by atoms with Gasteiger partial charge in [0.1, 0.15) is 18.4 Å². The summed E-state index contributed by atoms with van der Waals surface area (Å²) in [5.41, 5.74) is -1.73. The number of carbonyl (C=O) groups excluding carboxylic acids is 2. The maximum Gasteiger partial charge on any atom is 0.417 e. The first kappa shape index (κ1) is 32.9. The van der Waals surface area contributed by atoms with Gasteiger partial charge in [0.2, 0.25) is 11.8 Å². The fourth-order valence-electron chi connectivity index (χ4n) is 3.99. The lowest BCUT2D eigenvalue weighted by atomic mass is 10.1. The van der Waals surface area contributed by atoms with Crippen LogP contribution in [0.3, 0.4) is 0 Å². The van der Waals surface area contributed by atoms with Crippen LogP contribution in [0.5, 0.6) is 0 Å². The zero-order valence-corrected chi connectivity index (χ0v) is 24.6. The summed E-state index contributed by atoms with van der Waals surface area (Å²) in [6, 6.07) is 13.4. The Bertz CT molecular complexity index is 1520. The van der Waals surface area contributed by atoms with Gasteiger partial charge in [-0.05, 0) is 56.7 Å². The Balaban J connectivity index is 2.11. The Hall–Kier alpha value is -3.64. The number of amides is 2. The monoisotopic (exact) mass is 627 g/mol. The van der Waals surface area contributed by atoms with Gasteiger partial charge in [0.15, 0.2) is 0 Å². The molecule has 0 aliphatic rings. The van der Waals surface area contributed by atoms with Gasteiger partial charge in [-0.2, -0.15) is 13.2 Å². The molecule has 226 valence electrons. The smallest absolute Gasteiger partial charge is 0.352 e. The molecular weight excluding hydrogens is 598 g/mol. The lowest BCUT2D eigenvalue weighted by Crippen LogP contribution is -2.52. The van der Waals surface area contributed by atoms with E-state index in [0.717, 1.165) is 17.0 Å². The second-order valence-corrected chi connectivity index (χ2v) is 11.9. The Morgan fingerprint density at radius 3 is 2.19 bits per heavy atom. The molecule has 0 fully saturated rings. The number of anilines is 1. The Morgan fingerprint density at radius 2 is 1.60 bits per heavy atom. The van der Waals surface area contributed by atoms with Crippen molar-refractivity contribution in [3.63, 3.8) is 0 Å². The lowest BCUT2D eigenvalue weighted by molar-refractivity contribution is -0.139. The van der Waals surface area contributed by atoms with Gasteiger partial charge in [-0.15, -0.1) is 0 Å². The standard InChI is InChI=1S/C29H30ClF4N3O4S/c1-4-19(2)35-28(39)20(3)36(17-21-10-8-9-13-26(21)31)27(38)18-37(42(40,41)23-11-6-5-7-12-23)22-14-15-25(30)24(16-22)29(32,33)34/h5-16,19-20H,4,17-18H2,1-3H3,(H,35,39)/t19-,20-/m0/s1. The van der Waals surface area contributed by atoms with E-state index in [9.17, 15) is 35.6 Å². The normalized spacial score (nSPS) is 13.2. The van der Waals surface area contributed by atoms with Crippen LogP contribution in [0.15, 0.2) is 77.7 Å². The summed E-state index contributed by atoms with van der Waals surface area (Å²) < 4.78 is 83.7. The molecule has 0 radical (unpaired) electrons. The highest BCUT2D eigenvalue weighted by molar-refractivity contribution is 7.92. The molecule has 0 aromatic heterocycles. The molecule has 2 atom stereocenters. The van der Waals surface area contributed by atoms with Crippen molar-refractivity contribution >= 4 is 39.1 Å². The Morgan fingerprint density at radius 1 is 0.976 bits per heavy atom. The topological polar surface area (TPSA) is 86.8 Å². The van der Waals surface area contributed by atoms with E-state index in [2.05, 4.69) is 5.32 Å². The molecule has 0 aliphatic carbocycles. The van der Waals surface area contributed by atoms with E-state index < -0.39 is 69.2 Å². The summed E-state index contributed by atoms with van der Waals surface area (Å²) in [6.07, 6.45) is -4.33. The second-order valence-electron chi connectivity index (χ2n) is 9.59. The highest BCUT2D eigenvalue weighted by Crippen LogP contribution is 2.38. The van der Waals surface area contributed by atoms with Crippen molar-refractivity contribution in [2.45, 2.75) is 56.9 Å². The average Bonchev–Trinajstić information content (AvgIpc) is 2.95. The Labute approximate surface area is 247 Å². The van der Waals surface area contributed by atoms with Crippen molar-refractivity contribution in [3.05, 3.63) is 94.8 Å². The number of hydrogen-bond donors (Lipinski definition) is 1. The number of nitrogens with zero attached hydrogens (tertiary/aromatic N) is 2. The summed E-state index contributed by atoms with van der Waals surface area (Å²) in [5, 5.41) is 2.08. The highest BCUT2D eigenvalue weighted by Gasteiger charge is 2.37. The number of benzene rings is 3. The minimum absolute atomic E-state index is 0.0531. The van der Waals surface area contributed by atoms with Crippen molar-refractivity contribution in [2.75, 3.05) is 10.8 Å². The van der Waals surface area contributed by atoms with Gasteiger partial charge in [-0.3, -0.25) is 13.9 Å². The molecule has 0 saturated carbocycles. The SMILES string of the molecule is CC[C@H](C)NC(=O)[C@H](C)N(Cc1ccccc1F)C(=O)CN(c1ccc(Cl)c(C(F)(F)F)c1)S(=O)(=O)c1ccccc1. The van der Waals surface area contributed by atoms with Crippen molar-refractivity contribution in [1.82, 2.24) is 10.2 Å². The van der Waals surface area contributed by atoms with Crippen molar-refractivity contribution in [1.29, 1.82) is 0 Å². The van der Waals surface area contributed by atoms with Gasteiger partial charge in [0.25, 0.3) is 10.0 Å². The quantitative estimate of drug-likeness (QED) is 0.263. The van der Waals surface area contributed by atoms with Crippen molar-refractivity contribution in [2.24, 2.45) is 0 Å². The third-order valence-corrected chi connectivity index (χ3v) is 8.74. The van der Waals surface area contributed by atoms with Crippen LogP contribution < -0.4 is 9.62 Å². The molecule has 42 heavy (non-hydrogen) atoms. The predicted octanol–water partition coefficient (Wildman–Crippen LogP) is 6.03. The highest BCUT2D eigenvalue weighted by atomic mass is 35.5. The molecule has 3 rings (SSSR count). The van der Waals surface area contributed by atoms with Crippen LogP contribution in [-0.4, -0.2) is 43.8 Å². The Kier molecular flexibility index (Phi) is 10.6. The van der Waals surface area contributed by atoms with E-state index in [0.29, 0.717) is 16.8 Å². The van der Waals surface area contributed by atoms with Crippen molar-refractivity contribution < 1.29 is 35.6 Å². The number of halogens is 5. The predicted molar refractivity (Wildman–Crippen MR) is 152 cm³/mol. The minimum atomic E-state index is -4.92. The summed E-state index contributed by atoms with van der Waals surface area (Å²) in [4.78, 5) is 27.6. The van der Waals surface area contributed by atoms with Gasteiger partial charge >= 0.3 is 6.18 Å². The molecule has 0 heterocycles. The molecule has 3 aromatic carbocycles. The van der Waals surface area contributed by atoms with Crippen LogP contribution in [0, 0.1) is 5.82 Å². The first-order chi connectivity index (χ1) is 19.7. The summed E-state index contributed by atoms with van der Waals surface area (Å²) >= 11 is 5.76. The van der Waals surface area contributed by atoms with Crippen LogP contribution in [0.1, 0.15) is 38.3 Å². The first-order valence-electron chi connectivity index (χ1n) is 12.9. The zero-order chi connectivity index (χ0) is 31.2. The summed E-state index contributed by atoms with van der Waals surface area (Å²) in [6.45, 7) is 3.59. The number of alkyl halides is 3. The van der Waals surface area contributed by atoms with E-state index in [4.69, 9.17) is 11.6 Å². The van der Waals surface area contributed by atoms with E-state index in [-0.39, 0.29) is 16.5 Å². The largest absolute Gasteiger partial charge is 0.417 e. The van der Waals surface area contributed by atoms with E-state index >= 15 is 0 Å². The average molecular weight is 628 g/mol. The van der Waals surface area contributed by atoms with Gasteiger partial charge in [-0.1, -0.05) is 54.9 Å². The zero-order valence-electron chi connectivity index (χ0n) is 23.0. The van der Waals surface area contributed by atoms with E-state index in [1.54, 1.807) is 13.0 Å². The maximum absolute atomic E-state index is 14.6.